The van der Waals surface area contributed by atoms with Gasteiger partial charge in [0.1, 0.15) is 0 Å². The largest absolute Gasteiger partial charge is 0.479 e. The molecule has 0 aliphatic rings. The molecule has 3 N–H and O–H groups in total. The van der Waals surface area contributed by atoms with E-state index in [0.29, 0.717) is 0 Å². The number of allylic oxidation sites excluding steroid dienone is 2. The Balaban J connectivity index is 4.47. The Morgan fingerprint density at radius 1 is 1.46 bits per heavy atom. The summed E-state index contributed by atoms with van der Waals surface area (Å²) < 4.78 is 0. The van der Waals surface area contributed by atoms with Gasteiger partial charge in [-0.3, -0.25) is 0 Å². The summed E-state index contributed by atoms with van der Waals surface area (Å²) in [6.45, 7) is 1.40. The fraction of sp³-hybridized carbons (Fsp3) is 0.286. The number of nitrogens with zero attached hydrogens (tertiary/aromatic N) is 1. The molecule has 0 aliphatic heterocycles. The zero-order valence-corrected chi connectivity index (χ0v) is 6.81. The van der Waals surface area contributed by atoms with Crippen molar-refractivity contribution in [2.45, 2.75) is 13.0 Å². The van der Waals surface area contributed by atoms with E-state index in [1.165, 1.54) is 6.92 Å². The minimum absolute atomic E-state index is 0.192. The molecular weight excluding hydrogens is 176 g/mol. The van der Waals surface area contributed by atoms with Crippen molar-refractivity contribution in [2.24, 2.45) is 0 Å². The number of carbonyl (C=O) groups is 2. The van der Waals surface area contributed by atoms with Gasteiger partial charge < -0.3 is 15.5 Å². The van der Waals surface area contributed by atoms with Crippen LogP contribution in [0.15, 0.2) is 11.8 Å². The van der Waals surface area contributed by atoms with Crippen LogP contribution in [0.2, 0.25) is 0 Å². The highest BCUT2D eigenvalue weighted by Gasteiger charge is 2.24. The quantitative estimate of drug-likeness (QED) is 0.402. The molecule has 0 aromatic carbocycles. The molecule has 0 atom stereocenters. The van der Waals surface area contributed by atoms with E-state index in [-0.39, 0.29) is 5.70 Å². The molecule has 0 heterocycles. The van der Waals surface area contributed by atoms with Crippen LogP contribution in [0.25, 0.3) is 0 Å². The first-order valence-corrected chi connectivity index (χ1v) is 3.27. The van der Waals surface area contributed by atoms with Crippen molar-refractivity contribution in [3.05, 3.63) is 11.8 Å². The molecule has 13 heavy (non-hydrogen) atoms. The van der Waals surface area contributed by atoms with Crippen molar-refractivity contribution in [1.82, 2.24) is 5.32 Å². The number of carboxylic acids is 2. The highest BCUT2D eigenvalue weighted by Crippen LogP contribution is 1.91. The number of nitriles is 1. The Kier molecular flexibility index (Phi) is 4.02. The zero-order chi connectivity index (χ0) is 10.4. The lowest BCUT2D eigenvalue weighted by molar-refractivity contribution is -0.150. The van der Waals surface area contributed by atoms with Crippen LogP contribution in [0.1, 0.15) is 6.92 Å². The molecule has 0 radical (unpaired) electrons. The van der Waals surface area contributed by atoms with E-state index in [2.05, 4.69) is 5.32 Å². The molecule has 0 aliphatic carbocycles. The van der Waals surface area contributed by atoms with Gasteiger partial charge in [-0.05, 0) is 6.92 Å². The summed E-state index contributed by atoms with van der Waals surface area (Å²) in [7, 11) is 0. The van der Waals surface area contributed by atoms with Gasteiger partial charge in [0, 0.05) is 11.8 Å². The fourth-order valence-corrected chi connectivity index (χ4v) is 0.595. The van der Waals surface area contributed by atoms with Crippen LogP contribution in [0.3, 0.4) is 0 Å². The first kappa shape index (κ1) is 11.0. The Morgan fingerprint density at radius 3 is 2.23 bits per heavy atom. The highest BCUT2D eigenvalue weighted by atomic mass is 16.4. The lowest BCUT2D eigenvalue weighted by Gasteiger charge is -2.10. The van der Waals surface area contributed by atoms with E-state index in [9.17, 15) is 9.59 Å². The molecule has 6 heteroatoms. The van der Waals surface area contributed by atoms with Gasteiger partial charge in [-0.2, -0.15) is 5.26 Å². The molecule has 0 aromatic heterocycles. The van der Waals surface area contributed by atoms with Gasteiger partial charge in [0.05, 0.1) is 6.07 Å². The standard InChI is InChI=1S/C7H8N2O4/c1-4(2-3-8)9-5(6(10)11)7(12)13/h2,5,9H,1H3,(H,10,11)(H,12,13). The smallest absolute Gasteiger partial charge is 0.337 e. The molecule has 70 valence electrons. The van der Waals surface area contributed by atoms with Crippen molar-refractivity contribution in [1.29, 1.82) is 5.26 Å². The Morgan fingerprint density at radius 2 is 1.92 bits per heavy atom. The Hall–Kier alpha value is -2.03. The minimum atomic E-state index is -1.72. The van der Waals surface area contributed by atoms with Crippen molar-refractivity contribution in [3.63, 3.8) is 0 Å². The van der Waals surface area contributed by atoms with Gasteiger partial charge in [0.25, 0.3) is 0 Å². The Labute approximate surface area is 74.1 Å². The molecule has 0 saturated heterocycles. The van der Waals surface area contributed by atoms with Crippen LogP contribution >= 0.6 is 0 Å². The van der Waals surface area contributed by atoms with Crippen LogP contribution in [-0.2, 0) is 9.59 Å². The first-order valence-electron chi connectivity index (χ1n) is 3.27. The van der Waals surface area contributed by atoms with Gasteiger partial charge in [-0.15, -0.1) is 0 Å². The lowest BCUT2D eigenvalue weighted by atomic mass is 10.3. The predicted molar refractivity (Wildman–Crippen MR) is 41.6 cm³/mol. The summed E-state index contributed by atoms with van der Waals surface area (Å²) in [6.07, 6.45) is 1.03. The summed E-state index contributed by atoms with van der Waals surface area (Å²) >= 11 is 0. The molecule has 0 spiro atoms. The normalized spacial score (nSPS) is 10.7. The maximum atomic E-state index is 10.3. The van der Waals surface area contributed by atoms with Gasteiger partial charge in [0.2, 0.25) is 6.04 Å². The van der Waals surface area contributed by atoms with Gasteiger partial charge >= 0.3 is 11.9 Å². The molecule has 0 bridgehead atoms. The zero-order valence-electron chi connectivity index (χ0n) is 6.81. The number of aliphatic carboxylic acids is 2. The van der Waals surface area contributed by atoms with Crippen molar-refractivity contribution in [3.8, 4) is 6.07 Å². The summed E-state index contributed by atoms with van der Waals surface area (Å²) in [4.78, 5) is 20.7. The molecular formula is C7H8N2O4. The monoisotopic (exact) mass is 184 g/mol. The van der Waals surface area contributed by atoms with E-state index < -0.39 is 18.0 Å². The number of hydrogen-bond donors (Lipinski definition) is 3. The maximum Gasteiger partial charge on any atom is 0.337 e. The second kappa shape index (κ2) is 4.77. The number of carboxylic acid groups (broad SMARTS) is 2. The van der Waals surface area contributed by atoms with E-state index in [4.69, 9.17) is 15.5 Å². The van der Waals surface area contributed by atoms with Gasteiger partial charge in [-0.1, -0.05) is 0 Å². The summed E-state index contributed by atoms with van der Waals surface area (Å²) in [5.74, 6) is -3.00. The molecule has 0 aromatic rings. The second-order valence-electron chi connectivity index (χ2n) is 2.21. The number of hydrogen-bond acceptors (Lipinski definition) is 4. The molecule has 0 saturated carbocycles. The van der Waals surface area contributed by atoms with E-state index in [1.54, 1.807) is 6.07 Å². The van der Waals surface area contributed by atoms with Crippen LogP contribution in [0.4, 0.5) is 0 Å². The SMILES string of the molecule is CC(=CC#N)NC(C(=O)O)C(=O)O. The van der Waals surface area contributed by atoms with Gasteiger partial charge in [0.15, 0.2) is 0 Å². The molecule has 6 nitrogen and oxygen atoms in total. The third kappa shape index (κ3) is 3.76. The molecule has 0 rings (SSSR count). The van der Waals surface area contributed by atoms with Crippen molar-refractivity contribution < 1.29 is 19.8 Å². The number of rotatable bonds is 4. The molecule has 0 unspecified atom stereocenters. The molecule has 0 amide bonds. The predicted octanol–water partition coefficient (Wildman–Crippen LogP) is -0.459. The third-order valence-electron chi connectivity index (χ3n) is 1.15. The van der Waals surface area contributed by atoms with Crippen LogP contribution in [-0.4, -0.2) is 28.2 Å². The maximum absolute atomic E-state index is 10.3. The second-order valence-corrected chi connectivity index (χ2v) is 2.21. The Bertz CT molecular complexity index is 275. The topological polar surface area (TPSA) is 110 Å². The summed E-state index contributed by atoms with van der Waals surface area (Å²) in [6, 6.07) is -0.0777. The van der Waals surface area contributed by atoms with Crippen LogP contribution < -0.4 is 5.32 Å². The van der Waals surface area contributed by atoms with E-state index >= 15 is 0 Å². The first-order chi connectivity index (χ1) is 5.99. The highest BCUT2D eigenvalue weighted by molar-refractivity contribution is 5.97. The number of nitrogens with one attached hydrogen (secondary N) is 1. The molecule has 0 fully saturated rings. The van der Waals surface area contributed by atoms with Crippen LogP contribution in [0.5, 0.6) is 0 Å². The van der Waals surface area contributed by atoms with Crippen molar-refractivity contribution >= 4 is 11.9 Å². The van der Waals surface area contributed by atoms with Gasteiger partial charge in [-0.25, -0.2) is 9.59 Å². The summed E-state index contributed by atoms with van der Waals surface area (Å²) in [5.41, 5.74) is 0.192. The average molecular weight is 184 g/mol. The lowest BCUT2D eigenvalue weighted by Crippen LogP contribution is -2.42. The third-order valence-corrected chi connectivity index (χ3v) is 1.15. The van der Waals surface area contributed by atoms with Crippen molar-refractivity contribution in [2.75, 3.05) is 0 Å². The van der Waals surface area contributed by atoms with E-state index in [0.717, 1.165) is 6.08 Å². The van der Waals surface area contributed by atoms with Crippen LogP contribution in [0, 0.1) is 11.3 Å². The summed E-state index contributed by atoms with van der Waals surface area (Å²) in [5, 5.41) is 27.1. The van der Waals surface area contributed by atoms with E-state index in [1.807, 2.05) is 0 Å². The average Bonchev–Trinajstić information content (AvgIpc) is 1.99. The fourth-order valence-electron chi connectivity index (χ4n) is 0.595. The minimum Gasteiger partial charge on any atom is -0.479 e.